The van der Waals surface area contributed by atoms with E-state index in [1.165, 1.54) is 22.8 Å². The van der Waals surface area contributed by atoms with Gasteiger partial charge < -0.3 is 15.6 Å². The number of carbonyl (C=O) groups is 1. The smallest absolute Gasteiger partial charge is 0.326 e. The largest absolute Gasteiger partial charge is 0.396 e. The molecule has 3 N–H and O–H groups in total. The van der Waals surface area contributed by atoms with E-state index in [4.69, 9.17) is 17.3 Å². The highest BCUT2D eigenvalue weighted by Gasteiger charge is 2.28. The number of aromatic nitrogens is 2. The summed E-state index contributed by atoms with van der Waals surface area (Å²) in [5.41, 5.74) is 6.07. The third kappa shape index (κ3) is 3.72. The molecule has 4 rings (SSSR count). The van der Waals surface area contributed by atoms with Crippen LogP contribution in [-0.2, 0) is 11.2 Å². The second-order valence-corrected chi connectivity index (χ2v) is 7.69. The summed E-state index contributed by atoms with van der Waals surface area (Å²) in [5.74, 6) is -1.34. The number of anilines is 1. The molecule has 1 aromatic heterocycles. The van der Waals surface area contributed by atoms with Gasteiger partial charge in [0.05, 0.1) is 23.7 Å². The number of nitrogens with one attached hydrogen (secondary N) is 1. The fourth-order valence-corrected chi connectivity index (χ4v) is 4.18. The van der Waals surface area contributed by atoms with E-state index >= 15 is 0 Å². The van der Waals surface area contributed by atoms with Crippen LogP contribution in [0.5, 0.6) is 0 Å². The molecule has 0 spiro atoms. The number of nitrogens with zero attached hydrogens (tertiary/aromatic N) is 2. The Morgan fingerprint density at radius 1 is 1.28 bits per heavy atom. The van der Waals surface area contributed by atoms with Gasteiger partial charge in [-0.1, -0.05) is 11.6 Å². The van der Waals surface area contributed by atoms with E-state index in [1.54, 1.807) is 17.0 Å². The molecule has 0 bridgehead atoms. The van der Waals surface area contributed by atoms with E-state index in [0.717, 1.165) is 0 Å². The number of nitrogens with two attached hydrogens (primary N) is 1. The second-order valence-electron chi connectivity index (χ2n) is 7.25. The molecular weight excluding hydrogens is 402 g/mol. The van der Waals surface area contributed by atoms with E-state index in [2.05, 4.69) is 4.98 Å². The standard InChI is InChI=1S/C20H19ClF2N4O2/c21-12-6-11(7-13(22)9-12)8-17(28)26-5-1-2-14(10-26)27-16-4-3-15(24)18(23)19(16)25-20(27)29/h3-4,6-7,9,14H,1-2,5,8,10,24H2,(H,25,29)/t14-/m0/s1. The Morgan fingerprint density at radius 3 is 2.83 bits per heavy atom. The first-order valence-electron chi connectivity index (χ1n) is 9.24. The van der Waals surface area contributed by atoms with Gasteiger partial charge in [0.15, 0.2) is 5.82 Å². The van der Waals surface area contributed by atoms with Crippen LogP contribution in [0.25, 0.3) is 11.0 Å². The number of likely N-dealkylation sites (tertiary alicyclic amines) is 1. The predicted molar refractivity (Wildman–Crippen MR) is 107 cm³/mol. The van der Waals surface area contributed by atoms with Crippen molar-refractivity contribution >= 4 is 34.2 Å². The van der Waals surface area contributed by atoms with Crippen molar-refractivity contribution in [1.29, 1.82) is 0 Å². The number of benzene rings is 2. The summed E-state index contributed by atoms with van der Waals surface area (Å²) in [6.07, 6.45) is 1.38. The highest BCUT2D eigenvalue weighted by Crippen LogP contribution is 2.27. The zero-order chi connectivity index (χ0) is 20.7. The Hall–Kier alpha value is -2.87. The highest BCUT2D eigenvalue weighted by molar-refractivity contribution is 6.30. The van der Waals surface area contributed by atoms with Crippen LogP contribution in [0.1, 0.15) is 24.4 Å². The van der Waals surface area contributed by atoms with Crippen molar-refractivity contribution in [2.75, 3.05) is 18.8 Å². The lowest BCUT2D eigenvalue weighted by atomic mass is 10.0. The molecule has 1 aliphatic rings. The van der Waals surface area contributed by atoms with E-state index in [0.29, 0.717) is 37.0 Å². The number of hydrogen-bond acceptors (Lipinski definition) is 3. The van der Waals surface area contributed by atoms with E-state index < -0.39 is 17.3 Å². The van der Waals surface area contributed by atoms with Gasteiger partial charge in [0, 0.05) is 18.1 Å². The summed E-state index contributed by atoms with van der Waals surface area (Å²) in [6, 6.07) is 6.74. The second kappa shape index (κ2) is 7.51. The van der Waals surface area contributed by atoms with Gasteiger partial charge in [0.1, 0.15) is 11.3 Å². The molecule has 1 saturated heterocycles. The molecule has 0 aliphatic carbocycles. The Labute approximate surface area is 169 Å². The van der Waals surface area contributed by atoms with Gasteiger partial charge in [-0.05, 0) is 48.7 Å². The van der Waals surface area contributed by atoms with Gasteiger partial charge in [-0.15, -0.1) is 0 Å². The molecule has 2 heterocycles. The molecule has 1 amide bonds. The quantitative estimate of drug-likeness (QED) is 0.638. The number of piperidine rings is 1. The number of H-pyrrole nitrogens is 1. The van der Waals surface area contributed by atoms with Crippen LogP contribution in [-0.4, -0.2) is 33.4 Å². The number of halogens is 3. The van der Waals surface area contributed by atoms with Crippen LogP contribution in [0.4, 0.5) is 14.5 Å². The predicted octanol–water partition coefficient (Wildman–Crippen LogP) is 3.25. The third-order valence-electron chi connectivity index (χ3n) is 5.25. The molecule has 1 fully saturated rings. The molecule has 0 saturated carbocycles. The first kappa shape index (κ1) is 19.4. The Morgan fingerprint density at radius 2 is 2.07 bits per heavy atom. The fourth-order valence-electron chi connectivity index (χ4n) is 3.93. The number of amides is 1. The molecule has 0 unspecified atom stereocenters. The molecular formula is C20H19ClF2N4O2. The number of carbonyl (C=O) groups excluding carboxylic acids is 1. The van der Waals surface area contributed by atoms with Crippen molar-refractivity contribution in [3.05, 3.63) is 63.0 Å². The van der Waals surface area contributed by atoms with Crippen LogP contribution < -0.4 is 11.4 Å². The van der Waals surface area contributed by atoms with Crippen LogP contribution in [0, 0.1) is 11.6 Å². The van der Waals surface area contributed by atoms with Crippen molar-refractivity contribution in [1.82, 2.24) is 14.5 Å². The number of rotatable bonds is 3. The number of aromatic amines is 1. The van der Waals surface area contributed by atoms with Crippen molar-refractivity contribution in [3.8, 4) is 0 Å². The molecule has 1 aliphatic heterocycles. The minimum atomic E-state index is -0.662. The minimum Gasteiger partial charge on any atom is -0.396 e. The summed E-state index contributed by atoms with van der Waals surface area (Å²) >= 11 is 5.86. The van der Waals surface area contributed by atoms with Crippen molar-refractivity contribution < 1.29 is 13.6 Å². The summed E-state index contributed by atoms with van der Waals surface area (Å²) in [5, 5.41) is 0.232. The van der Waals surface area contributed by atoms with Gasteiger partial charge in [0.2, 0.25) is 5.91 Å². The zero-order valence-corrected chi connectivity index (χ0v) is 16.2. The average Bonchev–Trinajstić information content (AvgIpc) is 3.01. The van der Waals surface area contributed by atoms with Crippen LogP contribution in [0.15, 0.2) is 35.1 Å². The molecule has 9 heteroatoms. The van der Waals surface area contributed by atoms with Crippen LogP contribution in [0.2, 0.25) is 5.02 Å². The lowest BCUT2D eigenvalue weighted by Crippen LogP contribution is -2.43. The third-order valence-corrected chi connectivity index (χ3v) is 5.47. The van der Waals surface area contributed by atoms with Crippen molar-refractivity contribution in [3.63, 3.8) is 0 Å². The summed E-state index contributed by atoms with van der Waals surface area (Å²) in [4.78, 5) is 29.4. The first-order valence-corrected chi connectivity index (χ1v) is 9.62. The molecule has 152 valence electrons. The minimum absolute atomic E-state index is 0.0120. The molecule has 2 aromatic carbocycles. The summed E-state index contributed by atoms with van der Waals surface area (Å²) < 4.78 is 29.3. The Balaban J connectivity index is 1.58. The van der Waals surface area contributed by atoms with Crippen molar-refractivity contribution in [2.24, 2.45) is 0 Å². The van der Waals surface area contributed by atoms with E-state index in [1.807, 2.05) is 0 Å². The maximum atomic E-state index is 14.3. The number of imidazole rings is 1. The van der Waals surface area contributed by atoms with Crippen LogP contribution in [0.3, 0.4) is 0 Å². The summed E-state index contributed by atoms with van der Waals surface area (Å²) in [6.45, 7) is 0.845. The normalized spacial score (nSPS) is 17.1. The highest BCUT2D eigenvalue weighted by atomic mass is 35.5. The maximum Gasteiger partial charge on any atom is 0.326 e. The van der Waals surface area contributed by atoms with Gasteiger partial charge in [-0.25, -0.2) is 13.6 Å². The van der Waals surface area contributed by atoms with Crippen molar-refractivity contribution in [2.45, 2.75) is 25.3 Å². The monoisotopic (exact) mass is 420 g/mol. The first-order chi connectivity index (χ1) is 13.8. The number of hydrogen-bond donors (Lipinski definition) is 2. The van der Waals surface area contributed by atoms with E-state index in [9.17, 15) is 18.4 Å². The van der Waals surface area contributed by atoms with Gasteiger partial charge in [-0.2, -0.15) is 0 Å². The molecule has 6 nitrogen and oxygen atoms in total. The fraction of sp³-hybridized carbons (Fsp3) is 0.300. The SMILES string of the molecule is Nc1ccc2c([nH]c(=O)n2[C@H]2CCCN(C(=O)Cc3cc(F)cc(Cl)c3)C2)c1F. The van der Waals surface area contributed by atoms with Gasteiger partial charge >= 0.3 is 5.69 Å². The topological polar surface area (TPSA) is 84.1 Å². The molecule has 1 atom stereocenters. The average molecular weight is 421 g/mol. The molecule has 0 radical (unpaired) electrons. The van der Waals surface area contributed by atoms with E-state index in [-0.39, 0.29) is 34.6 Å². The maximum absolute atomic E-state index is 14.3. The number of nitrogen functional groups attached to an aromatic ring is 1. The summed E-state index contributed by atoms with van der Waals surface area (Å²) in [7, 11) is 0. The Bertz CT molecular complexity index is 1140. The van der Waals surface area contributed by atoms with Gasteiger partial charge in [-0.3, -0.25) is 9.36 Å². The lowest BCUT2D eigenvalue weighted by Gasteiger charge is -2.33. The molecule has 29 heavy (non-hydrogen) atoms. The zero-order valence-electron chi connectivity index (χ0n) is 15.4. The number of fused-ring (bicyclic) bond motifs is 1. The molecule has 3 aromatic rings. The Kier molecular flexibility index (Phi) is 5.04. The van der Waals surface area contributed by atoms with Gasteiger partial charge in [0.25, 0.3) is 0 Å². The lowest BCUT2D eigenvalue weighted by molar-refractivity contribution is -0.132. The van der Waals surface area contributed by atoms with Crippen LogP contribution >= 0.6 is 11.6 Å².